The van der Waals surface area contributed by atoms with Crippen LogP contribution in [0.2, 0.25) is 0 Å². The second-order valence-corrected chi connectivity index (χ2v) is 9.71. The number of hydrogen-bond acceptors (Lipinski definition) is 2. The molecule has 0 atom stereocenters. The summed E-state index contributed by atoms with van der Waals surface area (Å²) in [5, 5.41) is 12.8. The summed E-state index contributed by atoms with van der Waals surface area (Å²) < 4.78 is 5.12. The van der Waals surface area contributed by atoms with Crippen LogP contribution < -0.4 is 10.6 Å². The Hall–Kier alpha value is -3.53. The van der Waals surface area contributed by atoms with Gasteiger partial charge in [-0.25, -0.2) is 0 Å². The molecule has 0 bridgehead atoms. The quantitative estimate of drug-likeness (QED) is 0.245. The van der Waals surface area contributed by atoms with E-state index in [-0.39, 0.29) is 0 Å². The maximum Gasteiger partial charge on any atom is 0.100 e. The molecule has 0 saturated heterocycles. The van der Waals surface area contributed by atoms with Gasteiger partial charge in [0.15, 0.2) is 0 Å². The van der Waals surface area contributed by atoms with Crippen molar-refractivity contribution in [3.05, 3.63) is 132 Å². The molecule has 0 aliphatic rings. The van der Waals surface area contributed by atoms with E-state index < -0.39 is 13.5 Å². The molecule has 0 radical (unpaired) electrons. The molecule has 0 saturated carbocycles. The molecule has 0 fully saturated rings. The molecule has 4 aromatic carbocycles. The molecule has 156 valence electrons. The third kappa shape index (κ3) is 5.58. The Kier molecular flexibility index (Phi) is 7.23. The van der Waals surface area contributed by atoms with Gasteiger partial charge in [-0.3, -0.25) is 4.76 Å². The molecule has 0 aliphatic carbocycles. The zero-order valence-corrected chi connectivity index (χ0v) is 18.8. The van der Waals surface area contributed by atoms with Crippen LogP contribution in [0, 0.1) is 16.7 Å². The lowest BCUT2D eigenvalue weighted by molar-refractivity contribution is 0.553. The topological polar surface area (TPSA) is 36.1 Å². The van der Waals surface area contributed by atoms with Crippen molar-refractivity contribution in [2.45, 2.75) is 12.8 Å². The van der Waals surface area contributed by atoms with Gasteiger partial charge in [0.05, 0.1) is 14.1 Å². The summed E-state index contributed by atoms with van der Waals surface area (Å²) in [6.07, 6.45) is 3.17. The summed E-state index contributed by atoms with van der Waals surface area (Å²) in [4.78, 5) is 0. The largest absolute Gasteiger partial charge is 0.262 e. The summed E-state index contributed by atoms with van der Waals surface area (Å²) in [5.41, 5.74) is 1.55. The first-order valence-electron chi connectivity index (χ1n) is 10.7. The van der Waals surface area contributed by atoms with Crippen molar-refractivity contribution in [1.29, 1.82) is 5.26 Å². The molecule has 0 unspecified atom stereocenters. The van der Waals surface area contributed by atoms with Crippen LogP contribution in [0.25, 0.3) is 0 Å². The van der Waals surface area contributed by atoms with Crippen molar-refractivity contribution in [2.24, 2.45) is 10.2 Å². The predicted octanol–water partition coefficient (Wildman–Crippen LogP) is 6.10. The van der Waals surface area contributed by atoms with Crippen molar-refractivity contribution < 1.29 is 0 Å². The highest BCUT2D eigenvalue weighted by Crippen LogP contribution is 2.37. The van der Waals surface area contributed by atoms with Gasteiger partial charge < -0.3 is 0 Å². The van der Waals surface area contributed by atoms with Crippen LogP contribution in [-0.4, -0.2) is 6.21 Å². The smallest absolute Gasteiger partial charge is 0.100 e. The zero-order chi connectivity index (χ0) is 22.1. The van der Waals surface area contributed by atoms with Gasteiger partial charge in [0.2, 0.25) is 0 Å². The zero-order valence-electron chi connectivity index (χ0n) is 17.9. The SMILES string of the molecule is N#CC(/C=N/P(c1ccccc1)c1ccccc1)(Cc1ccccc1)Cc1ccccc1. The number of nitriles is 1. The number of rotatable bonds is 8. The van der Waals surface area contributed by atoms with Gasteiger partial charge in [0.25, 0.3) is 0 Å². The van der Waals surface area contributed by atoms with E-state index in [1.807, 2.05) is 54.7 Å². The molecule has 0 N–H and O–H groups in total. The molecule has 32 heavy (non-hydrogen) atoms. The van der Waals surface area contributed by atoms with E-state index in [9.17, 15) is 5.26 Å². The van der Waals surface area contributed by atoms with Gasteiger partial charge in [-0.05, 0) is 24.0 Å². The Labute approximate surface area is 191 Å². The molecule has 4 aromatic rings. The highest BCUT2D eigenvalue weighted by atomic mass is 31.1. The molecular weight excluding hydrogens is 407 g/mol. The minimum atomic E-state index is -0.952. The van der Waals surface area contributed by atoms with E-state index >= 15 is 0 Å². The molecule has 4 rings (SSSR count). The molecule has 3 heteroatoms. The summed E-state index contributed by atoms with van der Waals surface area (Å²) in [6, 6.07) is 43.8. The Morgan fingerprint density at radius 2 is 1.00 bits per heavy atom. The maximum atomic E-state index is 10.4. The standard InChI is InChI=1S/C29H25N2P/c30-23-29(21-25-13-5-1-6-14-25,22-26-15-7-2-8-16-26)24-31-32(27-17-9-3-10-18-27)28-19-11-4-12-20-28/h1-20,24H,21-22H2/b31-24+. The molecule has 0 aliphatic heterocycles. The Bertz CT molecular complexity index is 1090. The van der Waals surface area contributed by atoms with Gasteiger partial charge >= 0.3 is 0 Å². The number of nitrogens with zero attached hydrogens (tertiary/aromatic N) is 2. The molecule has 0 amide bonds. The minimum absolute atomic E-state index is 0.621. The van der Waals surface area contributed by atoms with E-state index in [1.54, 1.807) is 0 Å². The second-order valence-electron chi connectivity index (χ2n) is 7.82. The van der Waals surface area contributed by atoms with Crippen molar-refractivity contribution >= 4 is 24.9 Å². The fourth-order valence-corrected chi connectivity index (χ4v) is 5.58. The van der Waals surface area contributed by atoms with Crippen LogP contribution >= 0.6 is 8.07 Å². The first-order valence-corrected chi connectivity index (χ1v) is 12.0. The highest BCUT2D eigenvalue weighted by molar-refractivity contribution is 7.71. The summed E-state index contributed by atoms with van der Waals surface area (Å²) in [7, 11) is -0.952. The number of benzene rings is 4. The van der Waals surface area contributed by atoms with Gasteiger partial charge in [-0.15, -0.1) is 0 Å². The van der Waals surface area contributed by atoms with E-state index in [0.717, 1.165) is 11.1 Å². The van der Waals surface area contributed by atoms with Crippen molar-refractivity contribution in [1.82, 2.24) is 0 Å². The van der Waals surface area contributed by atoms with Crippen molar-refractivity contribution in [2.75, 3.05) is 0 Å². The Morgan fingerprint density at radius 3 is 1.38 bits per heavy atom. The molecule has 2 nitrogen and oxygen atoms in total. The van der Waals surface area contributed by atoms with Crippen LogP contribution in [0.3, 0.4) is 0 Å². The fraction of sp³-hybridized carbons (Fsp3) is 0.103. The monoisotopic (exact) mass is 432 g/mol. The van der Waals surface area contributed by atoms with Gasteiger partial charge in [0.1, 0.15) is 5.41 Å². The molecule has 0 spiro atoms. The average molecular weight is 433 g/mol. The Balaban J connectivity index is 1.74. The lowest BCUT2D eigenvalue weighted by Gasteiger charge is -2.24. The van der Waals surface area contributed by atoms with Gasteiger partial charge in [0, 0.05) is 16.8 Å². The third-order valence-corrected chi connectivity index (χ3v) is 7.29. The minimum Gasteiger partial charge on any atom is -0.262 e. The summed E-state index contributed by atoms with van der Waals surface area (Å²) >= 11 is 0. The van der Waals surface area contributed by atoms with Crippen LogP contribution in [0.15, 0.2) is 126 Å². The van der Waals surface area contributed by atoms with Crippen LogP contribution in [0.5, 0.6) is 0 Å². The fourth-order valence-electron chi connectivity index (χ4n) is 3.77. The lowest BCUT2D eigenvalue weighted by Crippen LogP contribution is -2.27. The normalized spacial score (nSPS) is 11.5. The second kappa shape index (κ2) is 10.7. The molecular formula is C29H25N2P. The third-order valence-electron chi connectivity index (χ3n) is 5.37. The first kappa shape index (κ1) is 21.7. The highest BCUT2D eigenvalue weighted by Gasteiger charge is 2.30. The lowest BCUT2D eigenvalue weighted by atomic mass is 9.79. The maximum absolute atomic E-state index is 10.4. The van der Waals surface area contributed by atoms with Crippen molar-refractivity contribution in [3.8, 4) is 6.07 Å². The van der Waals surface area contributed by atoms with E-state index in [4.69, 9.17) is 4.76 Å². The van der Waals surface area contributed by atoms with E-state index in [1.165, 1.54) is 10.6 Å². The predicted molar refractivity (Wildman–Crippen MR) is 136 cm³/mol. The Morgan fingerprint density at radius 1 is 0.625 bits per heavy atom. The van der Waals surface area contributed by atoms with Gasteiger partial charge in [-0.1, -0.05) is 121 Å². The van der Waals surface area contributed by atoms with Crippen molar-refractivity contribution in [3.63, 3.8) is 0 Å². The van der Waals surface area contributed by atoms with Crippen LogP contribution in [0.4, 0.5) is 0 Å². The average Bonchev–Trinajstić information content (AvgIpc) is 2.86. The molecule has 0 heterocycles. The van der Waals surface area contributed by atoms with Gasteiger partial charge in [-0.2, -0.15) is 5.26 Å². The van der Waals surface area contributed by atoms with Crippen LogP contribution in [-0.2, 0) is 12.8 Å². The van der Waals surface area contributed by atoms with E-state index in [2.05, 4.69) is 78.9 Å². The van der Waals surface area contributed by atoms with Crippen LogP contribution in [0.1, 0.15) is 11.1 Å². The first-order chi connectivity index (χ1) is 15.8. The summed E-state index contributed by atoms with van der Waals surface area (Å²) in [5.74, 6) is 0. The number of hydrogen-bond donors (Lipinski definition) is 0. The molecule has 0 aromatic heterocycles. The summed E-state index contributed by atoms with van der Waals surface area (Å²) in [6.45, 7) is 0. The van der Waals surface area contributed by atoms with E-state index in [0.29, 0.717) is 12.8 Å².